The van der Waals surface area contributed by atoms with Gasteiger partial charge in [0.25, 0.3) is 0 Å². The minimum atomic E-state index is -0.892. The summed E-state index contributed by atoms with van der Waals surface area (Å²) in [6, 6.07) is 5.17. The van der Waals surface area contributed by atoms with Gasteiger partial charge in [0.15, 0.2) is 0 Å². The minimum Gasteiger partial charge on any atom is -0.478 e. The number of benzene rings is 1. The van der Waals surface area contributed by atoms with Crippen LogP contribution in [0.5, 0.6) is 0 Å². The number of carboxylic acids is 1. The van der Waals surface area contributed by atoms with Crippen LogP contribution in [0.3, 0.4) is 0 Å². The van der Waals surface area contributed by atoms with Gasteiger partial charge in [0.1, 0.15) is 0 Å². The molecule has 102 valence electrons. The van der Waals surface area contributed by atoms with Crippen molar-refractivity contribution in [2.45, 2.75) is 32.6 Å². The fraction of sp³-hybridized carbons (Fsp3) is 0.294. The third-order valence-electron chi connectivity index (χ3n) is 3.92. The van der Waals surface area contributed by atoms with Crippen molar-refractivity contribution in [3.63, 3.8) is 0 Å². The van der Waals surface area contributed by atoms with Crippen LogP contribution in [0, 0.1) is 6.92 Å². The number of allylic oxidation sites excluding steroid dienone is 2. The van der Waals surface area contributed by atoms with E-state index in [0.717, 1.165) is 29.3 Å². The summed E-state index contributed by atoms with van der Waals surface area (Å²) in [6.07, 6.45) is 8.79. The molecule has 0 saturated heterocycles. The van der Waals surface area contributed by atoms with Crippen molar-refractivity contribution >= 4 is 22.4 Å². The molecule has 20 heavy (non-hydrogen) atoms. The van der Waals surface area contributed by atoms with Crippen LogP contribution in [0.1, 0.15) is 47.2 Å². The van der Waals surface area contributed by atoms with E-state index in [9.17, 15) is 9.90 Å². The van der Waals surface area contributed by atoms with Crippen LogP contribution >= 0.6 is 0 Å². The first-order chi connectivity index (χ1) is 9.66. The van der Waals surface area contributed by atoms with E-state index in [0.29, 0.717) is 5.56 Å². The molecular weight excluding hydrogens is 250 g/mol. The van der Waals surface area contributed by atoms with Gasteiger partial charge in [0.05, 0.1) is 11.1 Å². The number of pyridine rings is 1. The van der Waals surface area contributed by atoms with Crippen molar-refractivity contribution in [1.29, 1.82) is 0 Å². The Labute approximate surface area is 118 Å². The van der Waals surface area contributed by atoms with Crippen LogP contribution in [0.2, 0.25) is 0 Å². The van der Waals surface area contributed by atoms with Crippen molar-refractivity contribution in [3.8, 4) is 0 Å². The molecule has 1 aromatic heterocycles. The summed E-state index contributed by atoms with van der Waals surface area (Å²) < 4.78 is 0. The van der Waals surface area contributed by atoms with E-state index in [-0.39, 0.29) is 0 Å². The second kappa shape index (κ2) is 5.08. The maximum absolute atomic E-state index is 11.2. The van der Waals surface area contributed by atoms with E-state index in [1.807, 2.05) is 13.1 Å². The van der Waals surface area contributed by atoms with Crippen LogP contribution in [-0.2, 0) is 0 Å². The second-order valence-corrected chi connectivity index (χ2v) is 5.33. The van der Waals surface area contributed by atoms with Crippen molar-refractivity contribution in [3.05, 3.63) is 47.2 Å². The standard InChI is InChI=1S/C17H17NO2/c1-11-10-18-15-8-7-13(17(19)20)9-14(15)16(11)12-5-3-2-4-6-12/h5,7-10H,2-4,6H2,1H3,(H,19,20). The Morgan fingerprint density at radius 2 is 2.15 bits per heavy atom. The fourth-order valence-electron chi connectivity index (χ4n) is 2.92. The highest BCUT2D eigenvalue weighted by Crippen LogP contribution is 2.33. The first kappa shape index (κ1) is 12.9. The van der Waals surface area contributed by atoms with E-state index in [1.165, 1.54) is 24.0 Å². The summed E-state index contributed by atoms with van der Waals surface area (Å²) in [4.78, 5) is 15.6. The van der Waals surface area contributed by atoms with Gasteiger partial charge in [-0.1, -0.05) is 6.08 Å². The first-order valence-electron chi connectivity index (χ1n) is 6.99. The Hall–Kier alpha value is -2.16. The van der Waals surface area contributed by atoms with Gasteiger partial charge >= 0.3 is 5.97 Å². The van der Waals surface area contributed by atoms with Crippen molar-refractivity contribution < 1.29 is 9.90 Å². The monoisotopic (exact) mass is 267 g/mol. The Morgan fingerprint density at radius 3 is 2.85 bits per heavy atom. The lowest BCUT2D eigenvalue weighted by molar-refractivity contribution is 0.0697. The van der Waals surface area contributed by atoms with Crippen LogP contribution in [-0.4, -0.2) is 16.1 Å². The summed E-state index contributed by atoms with van der Waals surface area (Å²) in [7, 11) is 0. The Morgan fingerprint density at radius 1 is 1.30 bits per heavy atom. The normalized spacial score (nSPS) is 15.2. The molecule has 1 aromatic carbocycles. The molecule has 0 amide bonds. The smallest absolute Gasteiger partial charge is 0.335 e. The van der Waals surface area contributed by atoms with Gasteiger partial charge in [-0.05, 0) is 67.5 Å². The second-order valence-electron chi connectivity index (χ2n) is 5.33. The molecule has 1 N–H and O–H groups in total. The number of fused-ring (bicyclic) bond motifs is 1. The van der Waals surface area contributed by atoms with Gasteiger partial charge in [-0.2, -0.15) is 0 Å². The lowest BCUT2D eigenvalue weighted by atomic mass is 9.89. The topological polar surface area (TPSA) is 50.2 Å². The molecule has 3 nitrogen and oxygen atoms in total. The minimum absolute atomic E-state index is 0.322. The zero-order valence-corrected chi connectivity index (χ0v) is 11.5. The van der Waals surface area contributed by atoms with Crippen LogP contribution in [0.25, 0.3) is 16.5 Å². The largest absolute Gasteiger partial charge is 0.478 e. The number of rotatable bonds is 2. The van der Waals surface area contributed by atoms with Crippen molar-refractivity contribution in [1.82, 2.24) is 4.98 Å². The fourth-order valence-corrected chi connectivity index (χ4v) is 2.92. The highest BCUT2D eigenvalue weighted by atomic mass is 16.4. The number of aromatic nitrogens is 1. The predicted molar refractivity (Wildman–Crippen MR) is 79.9 cm³/mol. The lowest BCUT2D eigenvalue weighted by Gasteiger charge is -2.17. The zero-order valence-electron chi connectivity index (χ0n) is 11.5. The van der Waals surface area contributed by atoms with E-state index in [1.54, 1.807) is 18.2 Å². The molecule has 0 radical (unpaired) electrons. The van der Waals surface area contributed by atoms with Gasteiger partial charge in [0, 0.05) is 11.6 Å². The molecule has 1 heterocycles. The van der Waals surface area contributed by atoms with Gasteiger partial charge in [-0.25, -0.2) is 4.79 Å². The third-order valence-corrected chi connectivity index (χ3v) is 3.92. The summed E-state index contributed by atoms with van der Waals surface area (Å²) in [6.45, 7) is 2.05. The molecule has 1 aliphatic rings. The average Bonchev–Trinajstić information content (AvgIpc) is 2.47. The van der Waals surface area contributed by atoms with Crippen molar-refractivity contribution in [2.75, 3.05) is 0 Å². The molecule has 0 fully saturated rings. The van der Waals surface area contributed by atoms with E-state index < -0.39 is 5.97 Å². The molecule has 0 spiro atoms. The number of aryl methyl sites for hydroxylation is 1. The van der Waals surface area contributed by atoms with Crippen molar-refractivity contribution in [2.24, 2.45) is 0 Å². The number of hydrogen-bond acceptors (Lipinski definition) is 2. The van der Waals surface area contributed by atoms with E-state index in [2.05, 4.69) is 11.1 Å². The lowest BCUT2D eigenvalue weighted by Crippen LogP contribution is -2.00. The summed E-state index contributed by atoms with van der Waals surface area (Å²) in [5.41, 5.74) is 4.82. The summed E-state index contributed by atoms with van der Waals surface area (Å²) in [5.74, 6) is -0.892. The maximum Gasteiger partial charge on any atom is 0.335 e. The van der Waals surface area contributed by atoms with Crippen LogP contribution in [0.15, 0.2) is 30.5 Å². The SMILES string of the molecule is Cc1cnc2ccc(C(=O)O)cc2c1C1=CCCCC1. The predicted octanol–water partition coefficient (Wildman–Crippen LogP) is 4.20. The summed E-state index contributed by atoms with van der Waals surface area (Å²) in [5, 5.41) is 10.1. The quantitative estimate of drug-likeness (QED) is 0.887. The molecule has 3 rings (SSSR count). The van der Waals surface area contributed by atoms with Gasteiger partial charge in [-0.15, -0.1) is 0 Å². The average molecular weight is 267 g/mol. The number of carbonyl (C=O) groups is 1. The number of aromatic carboxylic acids is 1. The molecule has 2 aromatic rings. The van der Waals surface area contributed by atoms with E-state index >= 15 is 0 Å². The van der Waals surface area contributed by atoms with Crippen LogP contribution < -0.4 is 0 Å². The molecule has 0 atom stereocenters. The molecule has 0 aliphatic heterocycles. The van der Waals surface area contributed by atoms with Gasteiger partial charge in [0.2, 0.25) is 0 Å². The highest BCUT2D eigenvalue weighted by Gasteiger charge is 2.14. The molecule has 3 heteroatoms. The Bertz CT molecular complexity index is 716. The molecule has 0 bridgehead atoms. The highest BCUT2D eigenvalue weighted by molar-refractivity contribution is 5.98. The Kier molecular flexibility index (Phi) is 3.26. The summed E-state index contributed by atoms with van der Waals surface area (Å²) >= 11 is 0. The number of hydrogen-bond donors (Lipinski definition) is 1. The van der Waals surface area contributed by atoms with Gasteiger partial charge < -0.3 is 5.11 Å². The maximum atomic E-state index is 11.2. The molecule has 0 unspecified atom stereocenters. The number of carboxylic acid groups (broad SMARTS) is 1. The third kappa shape index (κ3) is 2.20. The first-order valence-corrected chi connectivity index (χ1v) is 6.99. The van der Waals surface area contributed by atoms with Gasteiger partial charge in [-0.3, -0.25) is 4.98 Å². The molecule has 1 aliphatic carbocycles. The molecular formula is C17H17NO2. The van der Waals surface area contributed by atoms with Crippen LogP contribution in [0.4, 0.5) is 0 Å². The molecule has 0 saturated carbocycles. The van der Waals surface area contributed by atoms with E-state index in [4.69, 9.17) is 0 Å². The zero-order chi connectivity index (χ0) is 14.1. The Balaban J connectivity index is 2.27. The number of nitrogens with zero attached hydrogens (tertiary/aromatic N) is 1.